The summed E-state index contributed by atoms with van der Waals surface area (Å²) in [5.74, 6) is -0.225. The Bertz CT molecular complexity index is 473. The van der Waals surface area contributed by atoms with Crippen LogP contribution in [-0.4, -0.2) is 55.7 Å². The van der Waals surface area contributed by atoms with Gasteiger partial charge >= 0.3 is 6.09 Å². The van der Waals surface area contributed by atoms with E-state index >= 15 is 0 Å². The Morgan fingerprint density at radius 3 is 2.80 bits per heavy atom. The Morgan fingerprint density at radius 1 is 1.40 bits per heavy atom. The van der Waals surface area contributed by atoms with Crippen molar-refractivity contribution in [2.45, 2.75) is 0 Å². The normalized spacial score (nSPS) is 15.3. The van der Waals surface area contributed by atoms with Gasteiger partial charge in [0.25, 0.3) is 0 Å². The van der Waals surface area contributed by atoms with Crippen molar-refractivity contribution in [1.82, 2.24) is 9.80 Å². The number of cyclic esters (lactones) is 1. The number of hydrogen-bond acceptors (Lipinski definition) is 3. The van der Waals surface area contributed by atoms with Crippen LogP contribution in [0.25, 0.3) is 6.08 Å². The lowest BCUT2D eigenvalue weighted by Gasteiger charge is -2.18. The molecule has 2 rings (SSSR count). The van der Waals surface area contributed by atoms with Crippen LogP contribution in [0.2, 0.25) is 0 Å². The molecule has 20 heavy (non-hydrogen) atoms. The van der Waals surface area contributed by atoms with Crippen LogP contribution in [0.5, 0.6) is 0 Å². The summed E-state index contributed by atoms with van der Waals surface area (Å²) in [5.41, 5.74) is 0.975. The van der Waals surface area contributed by atoms with E-state index < -0.39 is 0 Å². The first-order valence-corrected chi connectivity index (χ1v) is 6.67. The Morgan fingerprint density at radius 2 is 2.15 bits per heavy atom. The van der Waals surface area contributed by atoms with E-state index in [1.165, 1.54) is 12.1 Å². The van der Waals surface area contributed by atoms with Crippen LogP contribution in [0.15, 0.2) is 30.3 Å². The molecular weight excluding hydrogens is 259 g/mol. The zero-order valence-corrected chi connectivity index (χ0v) is 11.6. The molecule has 5 heteroatoms. The van der Waals surface area contributed by atoms with Gasteiger partial charge in [0.1, 0.15) is 12.4 Å². The summed E-state index contributed by atoms with van der Waals surface area (Å²) in [6.45, 7) is 3.42. The molecule has 0 radical (unpaired) electrons. The average Bonchev–Trinajstić information content (AvgIpc) is 2.84. The van der Waals surface area contributed by atoms with E-state index in [1.807, 2.05) is 19.2 Å². The largest absolute Gasteiger partial charge is 0.448 e. The monoisotopic (exact) mass is 278 g/mol. The van der Waals surface area contributed by atoms with Crippen molar-refractivity contribution in [3.8, 4) is 0 Å². The minimum atomic E-state index is -0.225. The van der Waals surface area contributed by atoms with Crippen molar-refractivity contribution < 1.29 is 13.9 Å². The molecule has 0 saturated carbocycles. The van der Waals surface area contributed by atoms with Gasteiger partial charge in [0.05, 0.1) is 6.54 Å². The van der Waals surface area contributed by atoms with Gasteiger partial charge in [0, 0.05) is 19.6 Å². The number of amides is 1. The van der Waals surface area contributed by atoms with Gasteiger partial charge in [-0.05, 0) is 24.7 Å². The van der Waals surface area contributed by atoms with Gasteiger partial charge in [-0.2, -0.15) is 0 Å². The number of benzene rings is 1. The van der Waals surface area contributed by atoms with Crippen LogP contribution in [0.3, 0.4) is 0 Å². The standard InChI is InChI=1S/C15H19FN2O2/c1-17(9-10-18-11-12-20-15(18)19)8-2-3-13-4-6-14(16)7-5-13/h2-7H,8-12H2,1H3/b3-2+. The molecule has 1 saturated heterocycles. The SMILES string of the molecule is CN(C/C=C/c1ccc(F)cc1)CCN1CCOC1=O. The first-order chi connectivity index (χ1) is 9.65. The third-order valence-electron chi connectivity index (χ3n) is 3.19. The molecule has 0 aromatic heterocycles. The maximum atomic E-state index is 12.7. The molecule has 1 aliphatic rings. The molecule has 1 aliphatic heterocycles. The fourth-order valence-corrected chi connectivity index (χ4v) is 1.95. The smallest absolute Gasteiger partial charge is 0.409 e. The predicted molar refractivity (Wildman–Crippen MR) is 75.9 cm³/mol. The zero-order valence-electron chi connectivity index (χ0n) is 11.6. The van der Waals surface area contributed by atoms with E-state index in [4.69, 9.17) is 4.74 Å². The minimum Gasteiger partial charge on any atom is -0.448 e. The molecule has 4 nitrogen and oxygen atoms in total. The molecule has 1 aromatic rings. The highest BCUT2D eigenvalue weighted by atomic mass is 19.1. The molecule has 1 amide bonds. The number of hydrogen-bond donors (Lipinski definition) is 0. The lowest BCUT2D eigenvalue weighted by atomic mass is 10.2. The molecule has 0 aliphatic carbocycles. The molecule has 0 bridgehead atoms. The molecule has 108 valence electrons. The molecule has 0 spiro atoms. The van der Waals surface area contributed by atoms with Crippen LogP contribution in [0.4, 0.5) is 9.18 Å². The highest BCUT2D eigenvalue weighted by Crippen LogP contribution is 2.05. The summed E-state index contributed by atoms with van der Waals surface area (Å²) >= 11 is 0. The molecule has 1 aromatic carbocycles. The molecule has 1 fully saturated rings. The van der Waals surface area contributed by atoms with Crippen molar-refractivity contribution in [3.63, 3.8) is 0 Å². The van der Waals surface area contributed by atoms with Crippen LogP contribution in [0, 0.1) is 5.82 Å². The fraction of sp³-hybridized carbons (Fsp3) is 0.400. The number of likely N-dealkylation sites (N-methyl/N-ethyl adjacent to an activating group) is 1. The fourth-order valence-electron chi connectivity index (χ4n) is 1.95. The Labute approximate surface area is 118 Å². The van der Waals surface area contributed by atoms with E-state index in [-0.39, 0.29) is 11.9 Å². The van der Waals surface area contributed by atoms with Crippen LogP contribution >= 0.6 is 0 Å². The number of nitrogens with zero attached hydrogens (tertiary/aromatic N) is 2. The van der Waals surface area contributed by atoms with Gasteiger partial charge in [-0.15, -0.1) is 0 Å². The molecule has 0 N–H and O–H groups in total. The quantitative estimate of drug-likeness (QED) is 0.800. The Hall–Kier alpha value is -1.88. The van der Waals surface area contributed by atoms with Crippen molar-refractivity contribution >= 4 is 12.2 Å². The predicted octanol–water partition coefficient (Wildman–Crippen LogP) is 2.22. The number of carbonyl (C=O) groups excluding carboxylic acids is 1. The summed E-state index contributed by atoms with van der Waals surface area (Å²) < 4.78 is 17.6. The molecular formula is C15H19FN2O2. The van der Waals surface area contributed by atoms with E-state index in [0.29, 0.717) is 19.7 Å². The highest BCUT2D eigenvalue weighted by Gasteiger charge is 2.21. The average molecular weight is 278 g/mol. The van der Waals surface area contributed by atoms with Crippen molar-refractivity contribution in [3.05, 3.63) is 41.7 Å². The second kappa shape index (κ2) is 7.05. The first-order valence-electron chi connectivity index (χ1n) is 6.67. The molecule has 0 unspecified atom stereocenters. The first kappa shape index (κ1) is 14.5. The number of rotatable bonds is 6. The maximum Gasteiger partial charge on any atom is 0.409 e. The summed E-state index contributed by atoms with van der Waals surface area (Å²) in [6, 6.07) is 6.38. The molecule has 1 heterocycles. The summed E-state index contributed by atoms with van der Waals surface area (Å²) in [6.07, 6.45) is 3.76. The van der Waals surface area contributed by atoms with Crippen LogP contribution in [-0.2, 0) is 4.74 Å². The topological polar surface area (TPSA) is 32.8 Å². The number of halogens is 1. The summed E-state index contributed by atoms with van der Waals surface area (Å²) in [7, 11) is 2.00. The second-order valence-electron chi connectivity index (χ2n) is 4.82. The number of ether oxygens (including phenoxy) is 1. The van der Waals surface area contributed by atoms with Crippen molar-refractivity contribution in [2.75, 3.05) is 39.8 Å². The lowest BCUT2D eigenvalue weighted by Crippen LogP contribution is -2.33. The van der Waals surface area contributed by atoms with Crippen molar-refractivity contribution in [2.24, 2.45) is 0 Å². The van der Waals surface area contributed by atoms with Crippen molar-refractivity contribution in [1.29, 1.82) is 0 Å². The van der Waals surface area contributed by atoms with Gasteiger partial charge in [-0.1, -0.05) is 24.3 Å². The van der Waals surface area contributed by atoms with Crippen LogP contribution < -0.4 is 0 Å². The minimum absolute atomic E-state index is 0.222. The van der Waals surface area contributed by atoms with Gasteiger partial charge in [0.15, 0.2) is 0 Å². The Kier molecular flexibility index (Phi) is 5.12. The van der Waals surface area contributed by atoms with E-state index in [9.17, 15) is 9.18 Å². The third kappa shape index (κ3) is 4.35. The van der Waals surface area contributed by atoms with Gasteiger partial charge in [0.2, 0.25) is 0 Å². The van der Waals surface area contributed by atoms with E-state index in [2.05, 4.69) is 4.90 Å². The molecule has 0 atom stereocenters. The summed E-state index contributed by atoms with van der Waals surface area (Å²) in [5, 5.41) is 0. The third-order valence-corrected chi connectivity index (χ3v) is 3.19. The van der Waals surface area contributed by atoms with E-state index in [1.54, 1.807) is 17.0 Å². The van der Waals surface area contributed by atoms with Gasteiger partial charge in [-0.3, -0.25) is 0 Å². The van der Waals surface area contributed by atoms with Gasteiger partial charge in [-0.25, -0.2) is 9.18 Å². The second-order valence-corrected chi connectivity index (χ2v) is 4.82. The van der Waals surface area contributed by atoms with E-state index in [0.717, 1.165) is 18.7 Å². The lowest BCUT2D eigenvalue weighted by molar-refractivity contribution is 0.156. The van der Waals surface area contributed by atoms with Crippen LogP contribution in [0.1, 0.15) is 5.56 Å². The van der Waals surface area contributed by atoms with Gasteiger partial charge < -0.3 is 14.5 Å². The zero-order chi connectivity index (χ0) is 14.4. The maximum absolute atomic E-state index is 12.7. The highest BCUT2D eigenvalue weighted by molar-refractivity contribution is 5.69. The Balaban J connectivity index is 1.70. The number of carbonyl (C=O) groups is 1. The summed E-state index contributed by atoms with van der Waals surface area (Å²) in [4.78, 5) is 15.1.